The van der Waals surface area contributed by atoms with Gasteiger partial charge in [-0.25, -0.2) is 9.78 Å². The number of aromatic nitrogens is 1. The third-order valence-corrected chi connectivity index (χ3v) is 2.33. The van der Waals surface area contributed by atoms with Crippen molar-refractivity contribution in [3.63, 3.8) is 0 Å². The number of ether oxygens (including phenoxy) is 1. The summed E-state index contributed by atoms with van der Waals surface area (Å²) < 4.78 is 42.9. The first-order chi connectivity index (χ1) is 9.46. The number of pyridine rings is 1. The Balaban J connectivity index is 2.90. The zero-order valence-corrected chi connectivity index (χ0v) is 12.0. The van der Waals surface area contributed by atoms with Crippen LogP contribution in [0.2, 0.25) is 0 Å². The van der Waals surface area contributed by atoms with E-state index in [0.717, 1.165) is 0 Å². The molecule has 118 valence electrons. The third-order valence-electron chi connectivity index (χ3n) is 2.33. The topological polar surface area (TPSA) is 77.2 Å². The van der Waals surface area contributed by atoms with Crippen LogP contribution in [-0.2, 0) is 4.74 Å². The first-order valence-corrected chi connectivity index (χ1v) is 6.24. The number of alkyl carbamates (subject to hydrolysis) is 1. The molecular formula is C13H18F3N3O2. The lowest BCUT2D eigenvalue weighted by Gasteiger charge is -2.24. The predicted molar refractivity (Wildman–Crippen MR) is 71.4 cm³/mol. The molecule has 3 N–H and O–H groups in total. The highest BCUT2D eigenvalue weighted by atomic mass is 19.4. The van der Waals surface area contributed by atoms with E-state index in [-0.39, 0.29) is 11.4 Å². The number of halogens is 3. The molecule has 0 aliphatic heterocycles. The molecule has 5 nitrogen and oxygen atoms in total. The lowest BCUT2D eigenvalue weighted by molar-refractivity contribution is -0.140. The highest BCUT2D eigenvalue weighted by molar-refractivity contribution is 5.68. The standard InChI is InChI=1S/C13H18F3N3O2/c1-12(2,3)21-11(20)19-9(7-13(14,15)16)8-4-5-18-10(17)6-8/h4-6,9H,7H2,1-3H3,(H2,17,18)(H,19,20). The summed E-state index contributed by atoms with van der Waals surface area (Å²) in [4.78, 5) is 15.4. The summed E-state index contributed by atoms with van der Waals surface area (Å²) in [6.07, 6.45) is -5.31. The van der Waals surface area contributed by atoms with Gasteiger partial charge in [0.1, 0.15) is 11.4 Å². The SMILES string of the molecule is CC(C)(C)OC(=O)NC(CC(F)(F)F)c1ccnc(N)c1. The van der Waals surface area contributed by atoms with Crippen LogP contribution in [0.25, 0.3) is 0 Å². The van der Waals surface area contributed by atoms with Gasteiger partial charge in [0, 0.05) is 6.20 Å². The number of carbonyl (C=O) groups excluding carboxylic acids is 1. The van der Waals surface area contributed by atoms with Crippen molar-refractivity contribution in [3.8, 4) is 0 Å². The number of rotatable bonds is 3. The summed E-state index contributed by atoms with van der Waals surface area (Å²) in [5.41, 5.74) is 4.87. The Bertz CT molecular complexity index is 498. The van der Waals surface area contributed by atoms with Crippen molar-refractivity contribution in [2.45, 2.75) is 45.0 Å². The molecule has 0 aromatic carbocycles. The molecular weight excluding hydrogens is 287 g/mol. The summed E-state index contributed by atoms with van der Waals surface area (Å²) in [6, 6.07) is 1.36. The molecule has 0 aliphatic carbocycles. The van der Waals surface area contributed by atoms with Gasteiger partial charge in [-0.1, -0.05) is 0 Å². The number of carbonyl (C=O) groups is 1. The van der Waals surface area contributed by atoms with Crippen molar-refractivity contribution in [3.05, 3.63) is 23.9 Å². The van der Waals surface area contributed by atoms with Crippen molar-refractivity contribution >= 4 is 11.9 Å². The lowest BCUT2D eigenvalue weighted by Crippen LogP contribution is -2.36. The van der Waals surface area contributed by atoms with E-state index >= 15 is 0 Å². The number of nitrogens with zero attached hydrogens (tertiary/aromatic N) is 1. The highest BCUT2D eigenvalue weighted by Gasteiger charge is 2.34. The molecule has 0 radical (unpaired) electrons. The van der Waals surface area contributed by atoms with Gasteiger partial charge < -0.3 is 15.8 Å². The molecule has 0 saturated carbocycles. The van der Waals surface area contributed by atoms with Gasteiger partial charge in [0.2, 0.25) is 0 Å². The van der Waals surface area contributed by atoms with Crippen LogP contribution in [-0.4, -0.2) is 22.9 Å². The van der Waals surface area contributed by atoms with Crippen molar-refractivity contribution in [1.82, 2.24) is 10.3 Å². The van der Waals surface area contributed by atoms with Crippen LogP contribution in [0.5, 0.6) is 0 Å². The Morgan fingerprint density at radius 3 is 2.52 bits per heavy atom. The van der Waals surface area contributed by atoms with Crippen molar-refractivity contribution in [1.29, 1.82) is 0 Å². The summed E-state index contributed by atoms with van der Waals surface area (Å²) >= 11 is 0. The van der Waals surface area contributed by atoms with Crippen molar-refractivity contribution < 1.29 is 22.7 Å². The Hall–Kier alpha value is -1.99. The summed E-state index contributed by atoms with van der Waals surface area (Å²) in [6.45, 7) is 4.86. The van der Waals surface area contributed by atoms with E-state index in [0.29, 0.717) is 0 Å². The molecule has 1 aromatic rings. The number of hydrogen-bond donors (Lipinski definition) is 2. The average Bonchev–Trinajstić information content (AvgIpc) is 2.23. The molecule has 0 fully saturated rings. The third kappa shape index (κ3) is 6.82. The molecule has 21 heavy (non-hydrogen) atoms. The second-order valence-corrected chi connectivity index (χ2v) is 5.53. The highest BCUT2D eigenvalue weighted by Crippen LogP contribution is 2.30. The zero-order chi connectivity index (χ0) is 16.3. The number of alkyl halides is 3. The van der Waals surface area contributed by atoms with Gasteiger partial charge in [-0.3, -0.25) is 0 Å². The minimum atomic E-state index is -4.45. The number of hydrogen-bond acceptors (Lipinski definition) is 4. The van der Waals surface area contributed by atoms with Crippen LogP contribution in [0.1, 0.15) is 38.8 Å². The number of anilines is 1. The smallest absolute Gasteiger partial charge is 0.408 e. The van der Waals surface area contributed by atoms with Crippen molar-refractivity contribution in [2.24, 2.45) is 0 Å². The van der Waals surface area contributed by atoms with Gasteiger partial charge in [0.15, 0.2) is 0 Å². The molecule has 0 aliphatic rings. The van der Waals surface area contributed by atoms with E-state index < -0.39 is 30.3 Å². The Kier molecular flexibility index (Phi) is 5.03. The molecule has 8 heteroatoms. The van der Waals surface area contributed by atoms with Crippen LogP contribution in [0, 0.1) is 0 Å². The summed E-state index contributed by atoms with van der Waals surface area (Å²) in [7, 11) is 0. The van der Waals surface area contributed by atoms with Gasteiger partial charge >= 0.3 is 12.3 Å². The normalized spacial score (nSPS) is 13.6. The molecule has 0 saturated heterocycles. The lowest BCUT2D eigenvalue weighted by atomic mass is 10.0. The fraction of sp³-hybridized carbons (Fsp3) is 0.538. The van der Waals surface area contributed by atoms with Gasteiger partial charge in [0.25, 0.3) is 0 Å². The number of nitrogens with one attached hydrogen (secondary N) is 1. The Labute approximate surface area is 120 Å². The molecule has 1 heterocycles. The van der Waals surface area contributed by atoms with E-state index in [1.54, 1.807) is 20.8 Å². The first kappa shape index (κ1) is 17.1. The van der Waals surface area contributed by atoms with E-state index in [9.17, 15) is 18.0 Å². The molecule has 1 aromatic heterocycles. The maximum atomic E-state index is 12.6. The fourth-order valence-electron chi connectivity index (χ4n) is 1.62. The average molecular weight is 305 g/mol. The van der Waals surface area contributed by atoms with E-state index in [1.807, 2.05) is 0 Å². The largest absolute Gasteiger partial charge is 0.444 e. The summed E-state index contributed by atoms with van der Waals surface area (Å²) in [5, 5.41) is 2.21. The van der Waals surface area contributed by atoms with E-state index in [2.05, 4.69) is 10.3 Å². The molecule has 0 bridgehead atoms. The monoisotopic (exact) mass is 305 g/mol. The van der Waals surface area contributed by atoms with Crippen LogP contribution in [0.3, 0.4) is 0 Å². The zero-order valence-electron chi connectivity index (χ0n) is 12.0. The van der Waals surface area contributed by atoms with Crippen LogP contribution >= 0.6 is 0 Å². The summed E-state index contributed by atoms with van der Waals surface area (Å²) in [5.74, 6) is 0.0747. The maximum Gasteiger partial charge on any atom is 0.408 e. The quantitative estimate of drug-likeness (QED) is 0.899. The van der Waals surface area contributed by atoms with Gasteiger partial charge in [-0.2, -0.15) is 13.2 Å². The molecule has 1 rings (SSSR count). The number of nitrogen functional groups attached to an aromatic ring is 1. The van der Waals surface area contributed by atoms with Gasteiger partial charge in [-0.15, -0.1) is 0 Å². The van der Waals surface area contributed by atoms with Crippen LogP contribution in [0.15, 0.2) is 18.3 Å². The predicted octanol–water partition coefficient (Wildman–Crippen LogP) is 3.18. The minimum absolute atomic E-state index is 0.0747. The fourth-order valence-corrected chi connectivity index (χ4v) is 1.62. The van der Waals surface area contributed by atoms with Gasteiger partial charge in [0.05, 0.1) is 12.5 Å². The van der Waals surface area contributed by atoms with E-state index in [4.69, 9.17) is 10.5 Å². The van der Waals surface area contributed by atoms with Crippen molar-refractivity contribution in [2.75, 3.05) is 5.73 Å². The second kappa shape index (κ2) is 6.19. The molecule has 1 unspecified atom stereocenters. The number of amides is 1. The molecule has 0 spiro atoms. The number of nitrogens with two attached hydrogens (primary N) is 1. The van der Waals surface area contributed by atoms with Crippen LogP contribution in [0.4, 0.5) is 23.8 Å². The Morgan fingerprint density at radius 2 is 2.05 bits per heavy atom. The maximum absolute atomic E-state index is 12.6. The Morgan fingerprint density at radius 1 is 1.43 bits per heavy atom. The molecule has 1 atom stereocenters. The van der Waals surface area contributed by atoms with Crippen LogP contribution < -0.4 is 11.1 Å². The van der Waals surface area contributed by atoms with Gasteiger partial charge in [-0.05, 0) is 38.5 Å². The molecule has 1 amide bonds. The minimum Gasteiger partial charge on any atom is -0.444 e. The second-order valence-electron chi connectivity index (χ2n) is 5.53. The first-order valence-electron chi connectivity index (χ1n) is 6.24. The van der Waals surface area contributed by atoms with E-state index in [1.165, 1.54) is 18.3 Å².